The van der Waals surface area contributed by atoms with Crippen LogP contribution in [0.1, 0.15) is 77.8 Å². The summed E-state index contributed by atoms with van der Waals surface area (Å²) in [6.07, 6.45) is -3.14. The molecule has 1 aliphatic carbocycles. The highest BCUT2D eigenvalue weighted by Crippen LogP contribution is 2.44. The lowest BCUT2D eigenvalue weighted by atomic mass is 9.98. The molecule has 34 heteroatoms. The molecule has 1 fully saturated rings. The van der Waals surface area contributed by atoms with Crippen LogP contribution < -0.4 is 58.5 Å². The molecule has 6 rings (SSSR count). The minimum absolute atomic E-state index is 0.0492. The Hall–Kier alpha value is -11.5. The molecule has 0 radical (unpaired) electrons. The molecule has 0 bridgehead atoms. The molecule has 1 unspecified atom stereocenters. The number of hydrogen-bond donors (Lipinski definition) is 12. The minimum Gasteiger partial charge on any atom is -0.480 e. The molecule has 530 valence electrons. The zero-order valence-corrected chi connectivity index (χ0v) is 55.3. The SMILES string of the molecule is CCN(CCN(CC(=O)NCC(=O)N[C@@H](C)C(=O)N[C@@H](CC(=O)N[C@@H](CC(C)C)C(=O)N[C@H](CNC(=O)[C@@H]1CC(O)CN1C(C)=O)C(=O)N[C@@H](C)C(=O)NCC(=O)NCC(N)=O)C(=O)O)C(=O)OCC1c2ccccc2-c2ccccc21)c1ccc(N=Nc2ccc([N+](=O)[O-])cc2)cc1. The third-order valence-electron chi connectivity index (χ3n) is 15.8. The molecule has 1 aliphatic heterocycles. The lowest BCUT2D eigenvalue weighted by molar-refractivity contribution is -0.384. The van der Waals surface area contributed by atoms with Gasteiger partial charge in [0.05, 0.1) is 48.5 Å². The van der Waals surface area contributed by atoms with E-state index in [1.165, 1.54) is 49.9 Å². The van der Waals surface area contributed by atoms with Crippen molar-refractivity contribution >= 4 is 99.8 Å². The van der Waals surface area contributed by atoms with E-state index in [-0.39, 0.29) is 56.6 Å². The average Bonchev–Trinajstić information content (AvgIpc) is 1.62. The topological polar surface area (TPSA) is 483 Å². The van der Waals surface area contributed by atoms with E-state index < -0.39 is 163 Å². The van der Waals surface area contributed by atoms with Crippen LogP contribution in [-0.4, -0.2) is 210 Å². The summed E-state index contributed by atoms with van der Waals surface area (Å²) in [5, 5.41) is 60.8. The molecule has 12 amide bonds. The van der Waals surface area contributed by atoms with Gasteiger partial charge in [0.2, 0.25) is 65.0 Å². The number of carbonyl (C=O) groups excluding carboxylic acids is 12. The van der Waals surface area contributed by atoms with Gasteiger partial charge in [-0.15, -0.1) is 0 Å². The van der Waals surface area contributed by atoms with E-state index in [4.69, 9.17) is 10.5 Å². The molecule has 1 heterocycles. The van der Waals surface area contributed by atoms with Crippen LogP contribution >= 0.6 is 0 Å². The fourth-order valence-electron chi connectivity index (χ4n) is 10.7. The number of nitrogens with one attached hydrogen (secondary N) is 9. The fraction of sp³-hybridized carbons (Fsp3) is 0.431. The number of benzene rings is 4. The second-order valence-corrected chi connectivity index (χ2v) is 23.8. The number of hydrogen-bond acceptors (Lipinski definition) is 20. The zero-order valence-electron chi connectivity index (χ0n) is 55.3. The van der Waals surface area contributed by atoms with Crippen molar-refractivity contribution in [2.75, 3.05) is 70.4 Å². The molecule has 4 aromatic carbocycles. The number of azo groups is 1. The van der Waals surface area contributed by atoms with Crippen LogP contribution in [0, 0.1) is 16.0 Å². The number of carboxylic acid groups (broad SMARTS) is 1. The van der Waals surface area contributed by atoms with Crippen LogP contribution in [-0.2, 0) is 62.3 Å². The summed E-state index contributed by atoms with van der Waals surface area (Å²) in [5.74, 6) is -12.2. The van der Waals surface area contributed by atoms with Crippen molar-refractivity contribution in [3.63, 3.8) is 0 Å². The Bertz CT molecular complexity index is 3620. The number of likely N-dealkylation sites (N-methyl/N-ethyl adjacent to an activating group) is 1. The number of ether oxygens (including phenoxy) is 1. The number of amides is 12. The van der Waals surface area contributed by atoms with Crippen molar-refractivity contribution < 1.29 is 82.2 Å². The number of aliphatic hydroxyl groups excluding tert-OH is 1. The number of carboxylic acids is 1. The molecule has 0 saturated carbocycles. The van der Waals surface area contributed by atoms with Crippen molar-refractivity contribution in [1.82, 2.24) is 57.7 Å². The zero-order chi connectivity index (χ0) is 72.6. The van der Waals surface area contributed by atoms with Crippen molar-refractivity contribution in [2.45, 2.75) is 109 Å². The molecule has 0 aromatic heterocycles. The molecule has 7 atom stereocenters. The first-order valence-corrected chi connectivity index (χ1v) is 31.7. The Morgan fingerprint density at radius 3 is 1.80 bits per heavy atom. The average molecular weight is 1380 g/mol. The third kappa shape index (κ3) is 23.1. The summed E-state index contributed by atoms with van der Waals surface area (Å²) >= 11 is 0. The molecule has 99 heavy (non-hydrogen) atoms. The first-order chi connectivity index (χ1) is 47.0. The first kappa shape index (κ1) is 76.6. The van der Waals surface area contributed by atoms with Crippen molar-refractivity contribution in [3.8, 4) is 11.1 Å². The number of β-amino-alcohol motifs (C(OH)–C–C–N with tert-alkyl or cyclic N) is 1. The Labute approximate surface area is 568 Å². The van der Waals surface area contributed by atoms with Crippen molar-refractivity contribution in [2.24, 2.45) is 21.9 Å². The molecule has 2 aliphatic rings. The number of carbonyl (C=O) groups is 13. The van der Waals surface area contributed by atoms with Gasteiger partial charge in [0.15, 0.2) is 0 Å². The van der Waals surface area contributed by atoms with Crippen LogP contribution in [0.25, 0.3) is 11.1 Å². The minimum atomic E-state index is -1.96. The van der Waals surface area contributed by atoms with E-state index in [1.54, 1.807) is 38.1 Å². The number of nitro groups is 1. The number of nitrogens with zero attached hydrogens (tertiary/aromatic N) is 6. The monoisotopic (exact) mass is 1370 g/mol. The number of nitro benzene ring substituents is 1. The molecule has 4 aromatic rings. The number of likely N-dealkylation sites (tertiary alicyclic amines) is 1. The maximum Gasteiger partial charge on any atom is 0.410 e. The predicted octanol–water partition coefficient (Wildman–Crippen LogP) is 0.00400. The summed E-state index contributed by atoms with van der Waals surface area (Å²) in [6, 6.07) is 18.8. The molecule has 13 N–H and O–H groups in total. The van der Waals surface area contributed by atoms with E-state index in [0.29, 0.717) is 17.9 Å². The number of rotatable bonds is 35. The summed E-state index contributed by atoms with van der Waals surface area (Å²) < 4.78 is 5.95. The van der Waals surface area contributed by atoms with Crippen molar-refractivity contribution in [3.05, 3.63) is 118 Å². The van der Waals surface area contributed by atoms with Crippen LogP contribution in [0.15, 0.2) is 107 Å². The van der Waals surface area contributed by atoms with E-state index >= 15 is 0 Å². The molecular formula is C65H82N16O18. The highest BCUT2D eigenvalue weighted by atomic mass is 16.6. The Morgan fingerprint density at radius 1 is 0.657 bits per heavy atom. The number of primary amides is 1. The van der Waals surface area contributed by atoms with Crippen molar-refractivity contribution in [1.29, 1.82) is 0 Å². The van der Waals surface area contributed by atoms with Gasteiger partial charge in [0.1, 0.15) is 49.4 Å². The van der Waals surface area contributed by atoms with Crippen LogP contribution in [0.3, 0.4) is 0 Å². The summed E-state index contributed by atoms with van der Waals surface area (Å²) in [4.78, 5) is 185. The molecule has 1 saturated heterocycles. The van der Waals surface area contributed by atoms with E-state index in [0.717, 1.165) is 32.8 Å². The van der Waals surface area contributed by atoms with E-state index in [1.807, 2.05) is 60.4 Å². The van der Waals surface area contributed by atoms with Crippen LogP contribution in [0.2, 0.25) is 0 Å². The fourth-order valence-corrected chi connectivity index (χ4v) is 10.7. The summed E-state index contributed by atoms with van der Waals surface area (Å²) in [7, 11) is 0. The number of nitrogens with two attached hydrogens (primary N) is 1. The smallest absolute Gasteiger partial charge is 0.410 e. The lowest BCUT2D eigenvalue weighted by Gasteiger charge is -2.28. The van der Waals surface area contributed by atoms with Gasteiger partial charge in [-0.2, -0.15) is 10.2 Å². The van der Waals surface area contributed by atoms with Gasteiger partial charge >= 0.3 is 12.1 Å². The largest absolute Gasteiger partial charge is 0.480 e. The lowest BCUT2D eigenvalue weighted by Crippen LogP contribution is -2.60. The Morgan fingerprint density at radius 2 is 1.22 bits per heavy atom. The van der Waals surface area contributed by atoms with Gasteiger partial charge in [0.25, 0.3) is 5.69 Å². The maximum absolute atomic E-state index is 14.1. The predicted molar refractivity (Wildman–Crippen MR) is 354 cm³/mol. The Balaban J connectivity index is 1.06. The maximum atomic E-state index is 14.1. The number of anilines is 1. The van der Waals surface area contributed by atoms with E-state index in [9.17, 15) is 82.7 Å². The summed E-state index contributed by atoms with van der Waals surface area (Å²) in [5.41, 5.74) is 10.4. The van der Waals surface area contributed by atoms with Gasteiger partial charge in [-0.05, 0) is 91.8 Å². The number of non-ortho nitro benzene ring substituents is 1. The summed E-state index contributed by atoms with van der Waals surface area (Å²) in [6.45, 7) is 6.06. The molecular weight excluding hydrogens is 1290 g/mol. The van der Waals surface area contributed by atoms with Gasteiger partial charge in [-0.1, -0.05) is 62.4 Å². The van der Waals surface area contributed by atoms with Gasteiger partial charge in [-0.25, -0.2) is 9.59 Å². The van der Waals surface area contributed by atoms with Gasteiger partial charge < -0.3 is 78.3 Å². The van der Waals surface area contributed by atoms with Crippen LogP contribution in [0.5, 0.6) is 0 Å². The van der Waals surface area contributed by atoms with Crippen LogP contribution in [0.4, 0.5) is 27.5 Å². The quantitative estimate of drug-likeness (QED) is 0.0164. The second kappa shape index (κ2) is 36.6. The number of fused-ring (bicyclic) bond motifs is 3. The number of aliphatic carboxylic acids is 1. The molecule has 0 spiro atoms. The highest BCUT2D eigenvalue weighted by molar-refractivity contribution is 5.98. The molecule has 34 nitrogen and oxygen atoms in total. The van der Waals surface area contributed by atoms with Gasteiger partial charge in [-0.3, -0.25) is 67.8 Å². The third-order valence-corrected chi connectivity index (χ3v) is 15.8. The standard InChI is InChI=1S/C65H82N16O18/c1-7-78(42-20-16-40(17-21-42)76-77-41-18-22-43(23-19-41)81(97)98)24-25-79(65(96)99-35-49-47-14-10-8-12-45(47)46-13-9-11-15-48(46)49)34-58(88)68-32-57(87)71-38(5)60(90)74-51(64(94)95)28-55(85)73-50(26-36(2)3)61(91)75-52(29-69-63(93)53-27-44(83)33-80(53)39(6)82)62(92)72-37(4)59(89)70-31-56(86)67-30-54(66)84/h8-23,36-38,44,49-53,83H,7,24-35H2,1-6H3,(H2,66,84)(H,67,86)(H,68,88)(H,69,93)(H,70,89)(H,71,87)(H,72,92)(H,73,85)(H,74,90)(H,75,91)(H,94,95)/t37-,38-,44?,50-,51-,52+,53-/m0/s1. The Kier molecular flexibility index (Phi) is 28.3. The highest BCUT2D eigenvalue weighted by Gasteiger charge is 2.39. The van der Waals surface area contributed by atoms with E-state index in [2.05, 4.69) is 58.1 Å². The first-order valence-electron chi connectivity index (χ1n) is 31.7. The second-order valence-electron chi connectivity index (χ2n) is 23.8. The normalized spacial score (nSPS) is 15.3. The van der Waals surface area contributed by atoms with Gasteiger partial charge in [0, 0.05) is 69.8 Å². The number of aliphatic hydroxyl groups is 1.